The van der Waals surface area contributed by atoms with Gasteiger partial charge in [-0.25, -0.2) is 0 Å². The van der Waals surface area contributed by atoms with E-state index in [4.69, 9.17) is 33.3 Å². The van der Waals surface area contributed by atoms with Crippen molar-refractivity contribution in [3.63, 3.8) is 0 Å². The summed E-state index contributed by atoms with van der Waals surface area (Å²) >= 11 is 12.4. The molecule has 1 heterocycles. The van der Waals surface area contributed by atoms with Crippen molar-refractivity contribution in [3.05, 3.63) is 76.7 Å². The van der Waals surface area contributed by atoms with Crippen molar-refractivity contribution < 1.29 is 14.3 Å². The number of nitrogens with zero attached hydrogens (tertiary/aromatic N) is 1. The fourth-order valence-corrected chi connectivity index (χ4v) is 4.00. The van der Waals surface area contributed by atoms with Gasteiger partial charge in [0, 0.05) is 18.0 Å². The molecule has 0 saturated carbocycles. The van der Waals surface area contributed by atoms with Crippen molar-refractivity contribution in [2.75, 3.05) is 19.8 Å². The maximum atomic E-state index is 12.4. The van der Waals surface area contributed by atoms with Crippen molar-refractivity contribution in [2.45, 2.75) is 6.42 Å². The number of thiocarbonyl (C=S) groups is 1. The molecule has 0 aromatic heterocycles. The van der Waals surface area contributed by atoms with Gasteiger partial charge < -0.3 is 9.47 Å². The van der Waals surface area contributed by atoms with Crippen molar-refractivity contribution in [1.29, 1.82) is 0 Å². The molecule has 0 aliphatic carbocycles. The summed E-state index contributed by atoms with van der Waals surface area (Å²) in [6, 6.07) is 14.9. The molecule has 7 heteroatoms. The molecule has 2 aromatic rings. The van der Waals surface area contributed by atoms with Gasteiger partial charge in [0.15, 0.2) is 0 Å². The van der Waals surface area contributed by atoms with Crippen LogP contribution in [0.5, 0.6) is 11.5 Å². The Labute approximate surface area is 185 Å². The van der Waals surface area contributed by atoms with Crippen LogP contribution in [-0.4, -0.2) is 34.9 Å². The summed E-state index contributed by atoms with van der Waals surface area (Å²) in [6.45, 7) is 5.16. The van der Waals surface area contributed by atoms with E-state index in [9.17, 15) is 4.79 Å². The lowest BCUT2D eigenvalue weighted by atomic mass is 10.2. The normalized spacial score (nSPS) is 15.1. The lowest BCUT2D eigenvalue weighted by Crippen LogP contribution is -2.27. The topological polar surface area (TPSA) is 38.8 Å². The summed E-state index contributed by atoms with van der Waals surface area (Å²) in [5.41, 5.74) is 0.888. The first-order chi connectivity index (χ1) is 14.1. The minimum absolute atomic E-state index is 0.0921. The zero-order valence-electron chi connectivity index (χ0n) is 15.7. The first kappa shape index (κ1) is 21.4. The molecule has 0 N–H and O–H groups in total. The van der Waals surface area contributed by atoms with Gasteiger partial charge in [0.1, 0.15) is 15.8 Å². The molecule has 1 aliphatic heterocycles. The molecule has 1 fully saturated rings. The summed E-state index contributed by atoms with van der Waals surface area (Å²) < 4.78 is 12.0. The molecule has 0 radical (unpaired) electrons. The van der Waals surface area contributed by atoms with E-state index in [2.05, 4.69) is 6.58 Å². The zero-order valence-corrected chi connectivity index (χ0v) is 18.1. The number of hydrogen-bond acceptors (Lipinski definition) is 5. The second kappa shape index (κ2) is 10.5. The van der Waals surface area contributed by atoms with Gasteiger partial charge in [-0.2, -0.15) is 0 Å². The Bertz CT molecular complexity index is 928. The van der Waals surface area contributed by atoms with Crippen LogP contribution in [0, 0.1) is 0 Å². The van der Waals surface area contributed by atoms with E-state index in [0.717, 1.165) is 23.5 Å². The van der Waals surface area contributed by atoms with Crippen LogP contribution in [0.2, 0.25) is 5.02 Å². The smallest absolute Gasteiger partial charge is 0.266 e. The van der Waals surface area contributed by atoms with Crippen molar-refractivity contribution in [2.24, 2.45) is 0 Å². The standard InChI is InChI=1S/C22H20ClNO3S2/c1-2-11-24-21(25)20(29-22(24)28)15-16-5-3-6-19(14-16)27-13-4-12-26-18-9-7-17(23)8-10-18/h2-3,5-10,14-15H,1,4,11-13H2/b20-15+. The van der Waals surface area contributed by atoms with E-state index in [1.807, 2.05) is 42.5 Å². The number of hydrogen-bond donors (Lipinski definition) is 0. The van der Waals surface area contributed by atoms with Gasteiger partial charge in [0.05, 0.1) is 18.1 Å². The molecule has 1 saturated heterocycles. The summed E-state index contributed by atoms with van der Waals surface area (Å²) in [6.07, 6.45) is 4.24. The van der Waals surface area contributed by atoms with Crippen LogP contribution < -0.4 is 9.47 Å². The van der Waals surface area contributed by atoms with Crippen LogP contribution in [0.4, 0.5) is 0 Å². The number of halogens is 1. The lowest BCUT2D eigenvalue weighted by Gasteiger charge is -2.10. The van der Waals surface area contributed by atoms with Crippen molar-refractivity contribution in [1.82, 2.24) is 4.90 Å². The van der Waals surface area contributed by atoms with Crippen LogP contribution >= 0.6 is 35.6 Å². The molecule has 0 spiro atoms. The van der Waals surface area contributed by atoms with E-state index < -0.39 is 0 Å². The van der Waals surface area contributed by atoms with Crippen LogP contribution in [0.3, 0.4) is 0 Å². The fourth-order valence-electron chi connectivity index (χ4n) is 2.60. The molecule has 0 atom stereocenters. The number of carbonyl (C=O) groups is 1. The predicted octanol–water partition coefficient (Wildman–Crippen LogP) is 5.58. The van der Waals surface area contributed by atoms with E-state index in [-0.39, 0.29) is 5.91 Å². The van der Waals surface area contributed by atoms with Crippen LogP contribution in [0.1, 0.15) is 12.0 Å². The maximum Gasteiger partial charge on any atom is 0.266 e. The van der Waals surface area contributed by atoms with Gasteiger partial charge in [-0.15, -0.1) is 6.58 Å². The Morgan fingerprint density at radius 1 is 1.10 bits per heavy atom. The zero-order chi connectivity index (χ0) is 20.6. The second-order valence-electron chi connectivity index (χ2n) is 6.16. The number of thioether (sulfide) groups is 1. The van der Waals surface area contributed by atoms with Gasteiger partial charge in [0.2, 0.25) is 0 Å². The first-order valence-corrected chi connectivity index (χ1v) is 10.6. The van der Waals surface area contributed by atoms with Gasteiger partial charge in [-0.1, -0.05) is 53.8 Å². The molecule has 1 amide bonds. The lowest BCUT2D eigenvalue weighted by molar-refractivity contribution is -0.121. The molecule has 3 rings (SSSR count). The number of rotatable bonds is 9. The molecule has 29 heavy (non-hydrogen) atoms. The minimum Gasteiger partial charge on any atom is -0.493 e. The minimum atomic E-state index is -0.0921. The van der Waals surface area contributed by atoms with E-state index >= 15 is 0 Å². The first-order valence-electron chi connectivity index (χ1n) is 9.04. The number of benzene rings is 2. The van der Waals surface area contributed by atoms with Crippen LogP contribution in [0.25, 0.3) is 6.08 Å². The van der Waals surface area contributed by atoms with Crippen LogP contribution in [0.15, 0.2) is 66.1 Å². The highest BCUT2D eigenvalue weighted by Crippen LogP contribution is 2.32. The molecule has 4 nitrogen and oxygen atoms in total. The largest absolute Gasteiger partial charge is 0.493 e. The van der Waals surface area contributed by atoms with Crippen molar-refractivity contribution >= 4 is 51.9 Å². The summed E-state index contributed by atoms with van der Waals surface area (Å²) in [7, 11) is 0. The molecule has 0 bridgehead atoms. The van der Waals surface area contributed by atoms with Crippen molar-refractivity contribution in [3.8, 4) is 11.5 Å². The summed E-state index contributed by atoms with van der Waals surface area (Å²) in [5, 5.41) is 0.684. The van der Waals surface area contributed by atoms with Gasteiger partial charge >= 0.3 is 0 Å². The number of ether oxygens (including phenoxy) is 2. The third-order valence-electron chi connectivity index (χ3n) is 3.98. The Morgan fingerprint density at radius 3 is 2.55 bits per heavy atom. The molecule has 0 unspecified atom stereocenters. The average Bonchev–Trinajstić information content (AvgIpc) is 2.97. The van der Waals surface area contributed by atoms with E-state index in [1.54, 1.807) is 23.1 Å². The highest BCUT2D eigenvalue weighted by atomic mass is 35.5. The highest BCUT2D eigenvalue weighted by Gasteiger charge is 2.30. The SMILES string of the molecule is C=CCN1C(=O)/C(=C\c2cccc(OCCCOc3ccc(Cl)cc3)c2)SC1=S. The molecule has 2 aromatic carbocycles. The van der Waals surface area contributed by atoms with Crippen LogP contribution in [-0.2, 0) is 4.79 Å². The van der Waals surface area contributed by atoms with Gasteiger partial charge in [0.25, 0.3) is 5.91 Å². The summed E-state index contributed by atoms with van der Waals surface area (Å²) in [4.78, 5) is 14.6. The molecule has 150 valence electrons. The maximum absolute atomic E-state index is 12.4. The molecule has 1 aliphatic rings. The third-order valence-corrected chi connectivity index (χ3v) is 5.61. The van der Waals surface area contributed by atoms with E-state index in [0.29, 0.717) is 34.0 Å². The number of carbonyl (C=O) groups excluding carboxylic acids is 1. The summed E-state index contributed by atoms with van der Waals surface area (Å²) in [5.74, 6) is 1.43. The Morgan fingerprint density at radius 2 is 1.83 bits per heavy atom. The van der Waals surface area contributed by atoms with Gasteiger partial charge in [-0.3, -0.25) is 9.69 Å². The Hall–Kier alpha value is -2.28. The monoisotopic (exact) mass is 445 g/mol. The fraction of sp³-hybridized carbons (Fsp3) is 0.182. The Balaban J connectivity index is 1.50. The quantitative estimate of drug-likeness (QED) is 0.218. The number of amides is 1. The van der Waals surface area contributed by atoms with E-state index in [1.165, 1.54) is 11.8 Å². The molecular weight excluding hydrogens is 426 g/mol. The second-order valence-corrected chi connectivity index (χ2v) is 8.27. The Kier molecular flexibility index (Phi) is 7.75. The highest BCUT2D eigenvalue weighted by molar-refractivity contribution is 8.26. The average molecular weight is 446 g/mol. The van der Waals surface area contributed by atoms with Gasteiger partial charge in [-0.05, 0) is 48.0 Å². The molecular formula is C22H20ClNO3S2. The predicted molar refractivity (Wildman–Crippen MR) is 124 cm³/mol. The third kappa shape index (κ3) is 6.10.